The number of rotatable bonds is 4. The fourth-order valence-corrected chi connectivity index (χ4v) is 0.562. The van der Waals surface area contributed by atoms with E-state index in [2.05, 4.69) is 4.74 Å². The van der Waals surface area contributed by atoms with E-state index >= 15 is 0 Å². The van der Waals surface area contributed by atoms with Crippen molar-refractivity contribution >= 4 is 24.2 Å². The molecule has 4 nitrogen and oxygen atoms in total. The maximum Gasteiger partial charge on any atom is 0.302 e. The van der Waals surface area contributed by atoms with Crippen LogP contribution >= 0.6 is 12.4 Å². The van der Waals surface area contributed by atoms with Crippen LogP contribution in [0.25, 0.3) is 0 Å². The van der Waals surface area contributed by atoms with Crippen LogP contribution in [0, 0.1) is 0 Å². The maximum atomic E-state index is 10.8. The first kappa shape index (κ1) is 13.9. The topological polar surface area (TPSA) is 69.4 Å². The third-order valence-electron chi connectivity index (χ3n) is 1.23. The van der Waals surface area contributed by atoms with E-state index in [0.29, 0.717) is 6.42 Å². The van der Waals surface area contributed by atoms with Crippen molar-refractivity contribution in [1.82, 2.24) is 0 Å². The SMILES string of the molecule is CCC(=O)C(N)COC(C)=O.Cl. The van der Waals surface area contributed by atoms with Gasteiger partial charge in [0.15, 0.2) is 5.78 Å². The Kier molecular flexibility index (Phi) is 8.21. The van der Waals surface area contributed by atoms with Gasteiger partial charge >= 0.3 is 5.97 Å². The standard InChI is InChI=1S/C7H13NO3.ClH/c1-3-7(10)6(8)4-11-5(2)9;/h6H,3-4,8H2,1-2H3;1H. The van der Waals surface area contributed by atoms with Crippen LogP contribution in [-0.4, -0.2) is 24.4 Å². The fourth-order valence-electron chi connectivity index (χ4n) is 0.562. The number of carbonyl (C=O) groups is 2. The highest BCUT2D eigenvalue weighted by Crippen LogP contribution is 1.89. The van der Waals surface area contributed by atoms with Gasteiger partial charge in [-0.3, -0.25) is 9.59 Å². The van der Waals surface area contributed by atoms with E-state index in [9.17, 15) is 9.59 Å². The number of esters is 1. The number of hydrogen-bond acceptors (Lipinski definition) is 4. The smallest absolute Gasteiger partial charge is 0.302 e. The van der Waals surface area contributed by atoms with E-state index in [1.54, 1.807) is 6.92 Å². The Labute approximate surface area is 77.9 Å². The minimum Gasteiger partial charge on any atom is -0.464 e. The number of Topliss-reactive ketones (excluding diaryl/α,β-unsaturated/α-hetero) is 1. The molecule has 0 aromatic rings. The molecule has 0 aliphatic carbocycles. The van der Waals surface area contributed by atoms with E-state index in [-0.39, 0.29) is 24.8 Å². The van der Waals surface area contributed by atoms with Crippen LogP contribution in [0.5, 0.6) is 0 Å². The average molecular weight is 196 g/mol. The van der Waals surface area contributed by atoms with E-state index in [4.69, 9.17) is 5.73 Å². The second-order valence-corrected chi connectivity index (χ2v) is 2.23. The highest BCUT2D eigenvalue weighted by atomic mass is 35.5. The van der Waals surface area contributed by atoms with Crippen molar-refractivity contribution in [3.8, 4) is 0 Å². The first-order chi connectivity index (χ1) is 5.07. The molecule has 1 unspecified atom stereocenters. The molecule has 0 aromatic heterocycles. The van der Waals surface area contributed by atoms with Crippen molar-refractivity contribution in [3.05, 3.63) is 0 Å². The number of hydrogen-bond donors (Lipinski definition) is 1. The first-order valence-electron chi connectivity index (χ1n) is 3.49. The highest BCUT2D eigenvalue weighted by molar-refractivity contribution is 5.85. The largest absolute Gasteiger partial charge is 0.464 e. The molecule has 0 fully saturated rings. The predicted molar refractivity (Wildman–Crippen MR) is 47.2 cm³/mol. The van der Waals surface area contributed by atoms with Crippen LogP contribution in [0.3, 0.4) is 0 Å². The van der Waals surface area contributed by atoms with Crippen molar-refractivity contribution in [3.63, 3.8) is 0 Å². The lowest BCUT2D eigenvalue weighted by atomic mass is 10.2. The average Bonchev–Trinajstić information content (AvgIpc) is 1.98. The highest BCUT2D eigenvalue weighted by Gasteiger charge is 2.11. The molecule has 0 saturated carbocycles. The molecule has 0 aromatic carbocycles. The molecule has 2 N–H and O–H groups in total. The van der Waals surface area contributed by atoms with Gasteiger partial charge < -0.3 is 10.5 Å². The Morgan fingerprint density at radius 3 is 2.33 bits per heavy atom. The summed E-state index contributed by atoms with van der Waals surface area (Å²) in [4.78, 5) is 21.1. The molecule has 12 heavy (non-hydrogen) atoms. The molecule has 5 heteroatoms. The Hall–Kier alpha value is -0.610. The molecule has 0 rings (SSSR count). The quantitative estimate of drug-likeness (QED) is 0.655. The first-order valence-corrected chi connectivity index (χ1v) is 3.49. The molecule has 0 heterocycles. The summed E-state index contributed by atoms with van der Waals surface area (Å²) in [5.74, 6) is -0.504. The van der Waals surface area contributed by atoms with Crippen molar-refractivity contribution < 1.29 is 14.3 Å². The number of nitrogens with two attached hydrogens (primary N) is 1. The summed E-state index contributed by atoms with van der Waals surface area (Å²) in [6.45, 7) is 2.99. The van der Waals surface area contributed by atoms with Crippen molar-refractivity contribution in [1.29, 1.82) is 0 Å². The van der Waals surface area contributed by atoms with Crippen LogP contribution in [0.4, 0.5) is 0 Å². The van der Waals surface area contributed by atoms with Gasteiger partial charge in [0.25, 0.3) is 0 Å². The molecule has 72 valence electrons. The van der Waals surface area contributed by atoms with Gasteiger partial charge in [-0.05, 0) is 0 Å². The summed E-state index contributed by atoms with van der Waals surface area (Å²) in [5.41, 5.74) is 5.35. The molecule has 0 bridgehead atoms. The van der Waals surface area contributed by atoms with Gasteiger partial charge in [0, 0.05) is 13.3 Å². The molecule has 0 aliphatic rings. The number of carbonyl (C=O) groups excluding carboxylic acids is 2. The van der Waals surface area contributed by atoms with Gasteiger partial charge in [-0.1, -0.05) is 6.92 Å². The third-order valence-corrected chi connectivity index (χ3v) is 1.23. The molecule has 1 atom stereocenters. The van der Waals surface area contributed by atoms with Gasteiger partial charge in [0.2, 0.25) is 0 Å². The lowest BCUT2D eigenvalue weighted by Crippen LogP contribution is -2.35. The number of halogens is 1. The Bertz CT molecular complexity index is 161. The third kappa shape index (κ3) is 6.12. The van der Waals surface area contributed by atoms with Crippen molar-refractivity contribution in [2.75, 3.05) is 6.61 Å². The van der Waals surface area contributed by atoms with Crippen LogP contribution < -0.4 is 5.73 Å². The lowest BCUT2D eigenvalue weighted by Gasteiger charge is -2.07. The normalized spacial score (nSPS) is 11.2. The Morgan fingerprint density at radius 2 is 2.00 bits per heavy atom. The maximum absolute atomic E-state index is 10.8. The second kappa shape index (κ2) is 7.06. The van der Waals surface area contributed by atoms with Crippen molar-refractivity contribution in [2.45, 2.75) is 26.3 Å². The zero-order chi connectivity index (χ0) is 8.85. The Morgan fingerprint density at radius 1 is 1.50 bits per heavy atom. The summed E-state index contributed by atoms with van der Waals surface area (Å²) >= 11 is 0. The van der Waals surface area contributed by atoms with Gasteiger partial charge in [-0.15, -0.1) is 12.4 Å². The molecule has 0 spiro atoms. The van der Waals surface area contributed by atoms with Gasteiger partial charge in [0.05, 0.1) is 6.04 Å². The summed E-state index contributed by atoms with van der Waals surface area (Å²) < 4.78 is 4.54. The lowest BCUT2D eigenvalue weighted by molar-refractivity contribution is -0.142. The molecule has 0 amide bonds. The summed E-state index contributed by atoms with van der Waals surface area (Å²) in [6.07, 6.45) is 0.377. The predicted octanol–water partition coefficient (Wildman–Crippen LogP) is 0.278. The van der Waals surface area contributed by atoms with E-state index < -0.39 is 12.0 Å². The van der Waals surface area contributed by atoms with E-state index in [1.807, 2.05) is 0 Å². The minimum absolute atomic E-state index is 0. The zero-order valence-corrected chi connectivity index (χ0v) is 8.02. The van der Waals surface area contributed by atoms with E-state index in [1.165, 1.54) is 6.92 Å². The molecular weight excluding hydrogens is 182 g/mol. The van der Waals surface area contributed by atoms with Crippen LogP contribution in [0.1, 0.15) is 20.3 Å². The molecule has 0 aliphatic heterocycles. The zero-order valence-electron chi connectivity index (χ0n) is 7.20. The molecule has 0 saturated heterocycles. The summed E-state index contributed by atoms with van der Waals surface area (Å²) in [5, 5.41) is 0. The van der Waals surface area contributed by atoms with Gasteiger partial charge in [0.1, 0.15) is 6.61 Å². The van der Waals surface area contributed by atoms with Gasteiger partial charge in [-0.25, -0.2) is 0 Å². The summed E-state index contributed by atoms with van der Waals surface area (Å²) in [6, 6.07) is -0.663. The monoisotopic (exact) mass is 195 g/mol. The van der Waals surface area contributed by atoms with Crippen LogP contribution in [0.2, 0.25) is 0 Å². The van der Waals surface area contributed by atoms with Crippen LogP contribution in [0.15, 0.2) is 0 Å². The Balaban J connectivity index is 0. The molecular formula is C7H14ClNO3. The van der Waals surface area contributed by atoms with Crippen molar-refractivity contribution in [2.24, 2.45) is 5.73 Å². The second-order valence-electron chi connectivity index (χ2n) is 2.23. The molecule has 0 radical (unpaired) electrons. The van der Waals surface area contributed by atoms with E-state index in [0.717, 1.165) is 0 Å². The number of ketones is 1. The minimum atomic E-state index is -0.663. The number of ether oxygens (including phenoxy) is 1. The fraction of sp³-hybridized carbons (Fsp3) is 0.714. The van der Waals surface area contributed by atoms with Crippen LogP contribution in [-0.2, 0) is 14.3 Å². The van der Waals surface area contributed by atoms with Gasteiger partial charge in [-0.2, -0.15) is 0 Å². The summed E-state index contributed by atoms with van der Waals surface area (Å²) in [7, 11) is 0.